The van der Waals surface area contributed by atoms with Gasteiger partial charge in [0, 0.05) is 18.8 Å². The molecule has 2 aliphatic heterocycles. The Balaban J connectivity index is 1.82. The van der Waals surface area contributed by atoms with Crippen molar-refractivity contribution in [1.82, 2.24) is 10.2 Å². The third-order valence-corrected chi connectivity index (χ3v) is 4.02. The third-order valence-electron chi connectivity index (χ3n) is 2.57. The van der Waals surface area contributed by atoms with E-state index in [9.17, 15) is 0 Å². The summed E-state index contributed by atoms with van der Waals surface area (Å²) in [7, 11) is 2.14. The van der Waals surface area contributed by atoms with Crippen molar-refractivity contribution < 1.29 is 0 Å². The van der Waals surface area contributed by atoms with Gasteiger partial charge in [0.1, 0.15) is 0 Å². The zero-order chi connectivity index (χ0) is 9.10. The highest BCUT2D eigenvalue weighted by atomic mass is 32.2. The van der Waals surface area contributed by atoms with Gasteiger partial charge in [-0.1, -0.05) is 11.8 Å². The molecule has 1 fully saturated rings. The summed E-state index contributed by atoms with van der Waals surface area (Å²) in [5, 5.41) is 5.43. The Bertz CT molecular complexity index is 199. The number of thioether (sulfide) groups is 1. The van der Waals surface area contributed by atoms with E-state index >= 15 is 0 Å². The molecule has 1 N–H and O–H groups in total. The molecule has 2 heterocycles. The molecule has 0 aromatic rings. The Morgan fingerprint density at radius 3 is 2.85 bits per heavy atom. The van der Waals surface area contributed by atoms with E-state index in [2.05, 4.69) is 22.3 Å². The van der Waals surface area contributed by atoms with Crippen LogP contribution >= 0.6 is 11.8 Å². The van der Waals surface area contributed by atoms with Crippen LogP contribution in [0, 0.1) is 0 Å². The fourth-order valence-corrected chi connectivity index (χ4v) is 2.91. The van der Waals surface area contributed by atoms with Crippen LogP contribution < -0.4 is 5.32 Å². The number of likely N-dealkylation sites (N-methyl/N-ethyl adjacent to an activating group) is 1. The summed E-state index contributed by atoms with van der Waals surface area (Å²) in [6.45, 7) is 4.44. The Hall–Kier alpha value is -0.220. The first kappa shape index (κ1) is 9.34. The van der Waals surface area contributed by atoms with Gasteiger partial charge in [0.25, 0.3) is 0 Å². The summed E-state index contributed by atoms with van der Waals surface area (Å²) in [6.07, 6.45) is 2.58. The van der Waals surface area contributed by atoms with E-state index in [0.717, 1.165) is 18.3 Å². The van der Waals surface area contributed by atoms with E-state index in [-0.39, 0.29) is 0 Å². The fourth-order valence-electron chi connectivity index (χ4n) is 1.70. The number of nitrogens with zero attached hydrogens (tertiary/aromatic N) is 2. The van der Waals surface area contributed by atoms with Crippen LogP contribution in [0.1, 0.15) is 12.8 Å². The van der Waals surface area contributed by atoms with Gasteiger partial charge >= 0.3 is 0 Å². The van der Waals surface area contributed by atoms with E-state index in [1.54, 1.807) is 0 Å². The lowest BCUT2D eigenvalue weighted by molar-refractivity contribution is 0.530. The second-order valence-corrected chi connectivity index (χ2v) is 4.92. The van der Waals surface area contributed by atoms with Gasteiger partial charge in [-0.05, 0) is 25.9 Å². The Morgan fingerprint density at radius 1 is 1.46 bits per heavy atom. The first-order chi connectivity index (χ1) is 6.36. The molecule has 0 saturated carbocycles. The number of rotatable bonds is 1. The molecule has 2 aliphatic rings. The summed E-state index contributed by atoms with van der Waals surface area (Å²) in [5.74, 6) is 0. The van der Waals surface area contributed by atoms with Crippen LogP contribution in [0.15, 0.2) is 4.99 Å². The highest BCUT2D eigenvalue weighted by Crippen LogP contribution is 2.24. The van der Waals surface area contributed by atoms with Gasteiger partial charge in [-0.25, -0.2) is 0 Å². The molecular weight excluding hydrogens is 182 g/mol. The summed E-state index contributed by atoms with van der Waals surface area (Å²) in [4.78, 5) is 6.77. The molecule has 4 heteroatoms. The van der Waals surface area contributed by atoms with Crippen LogP contribution in [0.5, 0.6) is 0 Å². The summed E-state index contributed by atoms with van der Waals surface area (Å²) in [6, 6.07) is 0. The number of nitrogens with one attached hydrogen (secondary N) is 1. The molecule has 0 unspecified atom stereocenters. The summed E-state index contributed by atoms with van der Waals surface area (Å²) in [5.41, 5.74) is 0. The van der Waals surface area contributed by atoms with Crippen molar-refractivity contribution in [2.75, 3.05) is 33.2 Å². The van der Waals surface area contributed by atoms with Crippen molar-refractivity contribution in [3.05, 3.63) is 0 Å². The average Bonchev–Trinajstić information content (AvgIpc) is 2.54. The first-order valence-electron chi connectivity index (χ1n) is 4.99. The van der Waals surface area contributed by atoms with Gasteiger partial charge in [0.05, 0.1) is 6.54 Å². The van der Waals surface area contributed by atoms with Gasteiger partial charge in [-0.3, -0.25) is 4.99 Å². The van der Waals surface area contributed by atoms with E-state index < -0.39 is 0 Å². The molecule has 0 bridgehead atoms. The standard InChI is InChI=1S/C9H17N3S/c1-12-7-6-11-9(12)13-8-2-4-10-5-3-8/h8,10H,2-7H2,1H3. The Morgan fingerprint density at radius 2 is 2.23 bits per heavy atom. The van der Waals surface area contributed by atoms with E-state index in [1.165, 1.54) is 31.1 Å². The fraction of sp³-hybridized carbons (Fsp3) is 0.889. The van der Waals surface area contributed by atoms with Gasteiger partial charge < -0.3 is 10.2 Å². The van der Waals surface area contributed by atoms with Gasteiger partial charge in [-0.2, -0.15) is 0 Å². The molecule has 0 radical (unpaired) electrons. The molecule has 0 spiro atoms. The molecule has 1 saturated heterocycles. The predicted molar refractivity (Wildman–Crippen MR) is 58.4 cm³/mol. The van der Waals surface area contributed by atoms with Crippen LogP contribution in [-0.4, -0.2) is 48.5 Å². The molecule has 3 nitrogen and oxygen atoms in total. The van der Waals surface area contributed by atoms with Crippen molar-refractivity contribution >= 4 is 16.9 Å². The zero-order valence-corrected chi connectivity index (χ0v) is 8.94. The normalized spacial score (nSPS) is 25.0. The molecule has 0 aliphatic carbocycles. The van der Waals surface area contributed by atoms with Crippen molar-refractivity contribution in [1.29, 1.82) is 0 Å². The maximum Gasteiger partial charge on any atom is 0.159 e. The number of amidine groups is 1. The number of hydrogen-bond acceptors (Lipinski definition) is 4. The highest BCUT2D eigenvalue weighted by Gasteiger charge is 2.20. The van der Waals surface area contributed by atoms with Crippen LogP contribution in [0.3, 0.4) is 0 Å². The van der Waals surface area contributed by atoms with Gasteiger partial charge in [0.2, 0.25) is 0 Å². The Kier molecular flexibility index (Phi) is 3.11. The van der Waals surface area contributed by atoms with Crippen LogP contribution in [-0.2, 0) is 0 Å². The summed E-state index contributed by atoms with van der Waals surface area (Å²) < 4.78 is 0. The third kappa shape index (κ3) is 2.38. The topological polar surface area (TPSA) is 27.6 Å². The Labute approximate surface area is 84.0 Å². The zero-order valence-electron chi connectivity index (χ0n) is 8.12. The molecule has 13 heavy (non-hydrogen) atoms. The van der Waals surface area contributed by atoms with E-state index in [1.807, 2.05) is 11.8 Å². The monoisotopic (exact) mass is 199 g/mol. The average molecular weight is 199 g/mol. The summed E-state index contributed by atoms with van der Waals surface area (Å²) >= 11 is 1.97. The predicted octanol–water partition coefficient (Wildman–Crippen LogP) is 0.773. The minimum absolute atomic E-state index is 0.792. The molecule has 0 aromatic carbocycles. The van der Waals surface area contributed by atoms with E-state index in [4.69, 9.17) is 0 Å². The van der Waals surface area contributed by atoms with Crippen LogP contribution in [0.4, 0.5) is 0 Å². The second kappa shape index (κ2) is 4.33. The maximum absolute atomic E-state index is 4.50. The smallest absolute Gasteiger partial charge is 0.159 e. The molecule has 74 valence electrons. The first-order valence-corrected chi connectivity index (χ1v) is 5.87. The van der Waals surface area contributed by atoms with E-state index in [0.29, 0.717) is 0 Å². The lowest BCUT2D eigenvalue weighted by Gasteiger charge is -2.23. The molecule has 2 rings (SSSR count). The minimum Gasteiger partial charge on any atom is -0.353 e. The molecular formula is C9H17N3S. The second-order valence-electron chi connectivity index (χ2n) is 3.65. The lowest BCUT2D eigenvalue weighted by Crippen LogP contribution is -2.31. The van der Waals surface area contributed by atoms with Gasteiger partial charge in [0.15, 0.2) is 5.17 Å². The van der Waals surface area contributed by atoms with Crippen molar-refractivity contribution in [3.8, 4) is 0 Å². The molecule has 0 amide bonds. The highest BCUT2D eigenvalue weighted by molar-refractivity contribution is 8.14. The lowest BCUT2D eigenvalue weighted by atomic mass is 10.2. The SMILES string of the molecule is CN1CCN=C1SC1CCNCC1. The van der Waals surface area contributed by atoms with Crippen LogP contribution in [0.25, 0.3) is 0 Å². The number of piperidine rings is 1. The molecule has 0 aromatic heterocycles. The minimum atomic E-state index is 0.792. The number of aliphatic imine (C=N–C) groups is 1. The largest absolute Gasteiger partial charge is 0.353 e. The van der Waals surface area contributed by atoms with Crippen molar-refractivity contribution in [2.24, 2.45) is 4.99 Å². The van der Waals surface area contributed by atoms with Crippen LogP contribution in [0.2, 0.25) is 0 Å². The van der Waals surface area contributed by atoms with Gasteiger partial charge in [-0.15, -0.1) is 0 Å². The quantitative estimate of drug-likeness (QED) is 0.676. The van der Waals surface area contributed by atoms with Crippen molar-refractivity contribution in [3.63, 3.8) is 0 Å². The van der Waals surface area contributed by atoms with Crippen molar-refractivity contribution in [2.45, 2.75) is 18.1 Å². The molecule has 0 atom stereocenters. The maximum atomic E-state index is 4.50. The number of hydrogen-bond donors (Lipinski definition) is 1.